The number of carbonyl (C=O) groups is 2. The fraction of sp³-hybridized carbons (Fsp3) is 0.375. The summed E-state index contributed by atoms with van der Waals surface area (Å²) < 4.78 is 23.7. The number of urea groups is 1. The summed E-state index contributed by atoms with van der Waals surface area (Å²) in [5.41, 5.74) is 0.0708. The van der Waals surface area contributed by atoms with E-state index in [9.17, 15) is 14.0 Å². The second-order valence-corrected chi connectivity index (χ2v) is 6.18. The largest absolute Gasteiger partial charge is 0.378 e. The molecule has 3 amide bonds. The Labute approximate surface area is 141 Å². The van der Waals surface area contributed by atoms with Crippen molar-refractivity contribution in [3.63, 3.8) is 0 Å². The van der Waals surface area contributed by atoms with Gasteiger partial charge in [0.2, 0.25) is 11.7 Å². The number of amides is 3. The van der Waals surface area contributed by atoms with E-state index in [2.05, 4.69) is 15.5 Å². The van der Waals surface area contributed by atoms with Crippen LogP contribution in [0.3, 0.4) is 0 Å². The first-order chi connectivity index (χ1) is 12.0. The van der Waals surface area contributed by atoms with Gasteiger partial charge in [0.05, 0.1) is 6.61 Å². The zero-order valence-corrected chi connectivity index (χ0v) is 13.4. The minimum absolute atomic E-state index is 0.122. The highest BCUT2D eigenvalue weighted by Crippen LogP contribution is 2.28. The zero-order chi connectivity index (χ0) is 17.6. The molecule has 1 aromatic carbocycles. The molecule has 0 unspecified atom stereocenters. The quantitative estimate of drug-likeness (QED) is 0.844. The molecule has 1 N–H and O–H groups in total. The van der Waals surface area contributed by atoms with Crippen molar-refractivity contribution in [3.05, 3.63) is 35.5 Å². The number of aryl methyl sites for hydroxylation is 1. The molecule has 0 bridgehead atoms. The third kappa shape index (κ3) is 2.56. The molecule has 0 aliphatic carbocycles. The predicted molar refractivity (Wildman–Crippen MR) is 81.7 cm³/mol. The average molecular weight is 346 g/mol. The second-order valence-electron chi connectivity index (χ2n) is 6.18. The van der Waals surface area contributed by atoms with E-state index in [-0.39, 0.29) is 36.6 Å². The number of benzene rings is 1. The number of aromatic nitrogens is 2. The lowest BCUT2D eigenvalue weighted by molar-refractivity contribution is -0.131. The van der Waals surface area contributed by atoms with Gasteiger partial charge in [-0.05, 0) is 30.7 Å². The van der Waals surface area contributed by atoms with E-state index in [0.29, 0.717) is 24.2 Å². The number of hydrogen-bond donors (Lipinski definition) is 1. The highest BCUT2D eigenvalue weighted by atomic mass is 19.1. The number of nitrogens with one attached hydrogen (secondary N) is 1. The Balaban J connectivity index is 1.54. The number of nitrogens with zero attached hydrogens (tertiary/aromatic N) is 3. The van der Waals surface area contributed by atoms with E-state index in [1.807, 2.05) is 0 Å². The van der Waals surface area contributed by atoms with Gasteiger partial charge in [0.25, 0.3) is 5.91 Å². The van der Waals surface area contributed by atoms with Gasteiger partial charge < -0.3 is 14.6 Å². The molecule has 4 rings (SSSR count). The summed E-state index contributed by atoms with van der Waals surface area (Å²) in [4.78, 5) is 29.9. The molecule has 2 aliphatic rings. The molecule has 1 atom stereocenters. The maximum atomic E-state index is 13.4. The Morgan fingerprint density at radius 3 is 2.96 bits per heavy atom. The van der Waals surface area contributed by atoms with Gasteiger partial charge in [0.1, 0.15) is 17.9 Å². The van der Waals surface area contributed by atoms with Crippen LogP contribution in [0, 0.1) is 12.7 Å². The van der Waals surface area contributed by atoms with Crippen LogP contribution in [-0.2, 0) is 16.1 Å². The molecule has 1 spiro atoms. The Morgan fingerprint density at radius 1 is 1.40 bits per heavy atom. The first-order valence-corrected chi connectivity index (χ1v) is 7.79. The molecule has 2 saturated heterocycles. The fourth-order valence-electron chi connectivity index (χ4n) is 3.01. The molecule has 2 aliphatic heterocycles. The number of rotatable bonds is 3. The normalized spacial score (nSPS) is 22.9. The molecular weight excluding hydrogens is 331 g/mol. The van der Waals surface area contributed by atoms with E-state index in [0.717, 1.165) is 4.90 Å². The van der Waals surface area contributed by atoms with Gasteiger partial charge >= 0.3 is 6.03 Å². The van der Waals surface area contributed by atoms with Crippen LogP contribution in [0.2, 0.25) is 0 Å². The molecule has 0 saturated carbocycles. The van der Waals surface area contributed by atoms with E-state index in [1.165, 1.54) is 12.1 Å². The summed E-state index contributed by atoms with van der Waals surface area (Å²) in [5, 5.41) is 6.52. The molecule has 130 valence electrons. The van der Waals surface area contributed by atoms with Crippen molar-refractivity contribution in [2.24, 2.45) is 0 Å². The van der Waals surface area contributed by atoms with Crippen molar-refractivity contribution in [1.82, 2.24) is 20.4 Å². The monoisotopic (exact) mass is 346 g/mol. The number of hydrogen-bond acceptors (Lipinski definition) is 6. The van der Waals surface area contributed by atoms with Crippen LogP contribution in [0.1, 0.15) is 17.9 Å². The number of halogens is 1. The molecule has 2 fully saturated rings. The summed E-state index contributed by atoms with van der Waals surface area (Å²) in [5.74, 6) is -0.288. The van der Waals surface area contributed by atoms with E-state index in [4.69, 9.17) is 9.26 Å². The minimum Gasteiger partial charge on any atom is -0.378 e. The SMILES string of the molecule is Cc1cc(-c2noc(CN3C(=O)N[C@]4(CCOC4)C3=O)n2)ccc1F. The third-order valence-corrected chi connectivity index (χ3v) is 4.45. The Hall–Kier alpha value is -2.81. The summed E-state index contributed by atoms with van der Waals surface area (Å²) in [6.45, 7) is 2.10. The molecular formula is C16H15FN4O4. The highest BCUT2D eigenvalue weighted by molar-refractivity contribution is 6.07. The van der Waals surface area contributed by atoms with Crippen molar-refractivity contribution >= 4 is 11.9 Å². The molecule has 1 aromatic heterocycles. The van der Waals surface area contributed by atoms with Crippen LogP contribution in [0.4, 0.5) is 9.18 Å². The first-order valence-electron chi connectivity index (χ1n) is 7.79. The Bertz CT molecular complexity index is 860. The fourth-order valence-corrected chi connectivity index (χ4v) is 3.01. The number of imide groups is 1. The lowest BCUT2D eigenvalue weighted by Crippen LogP contribution is -2.47. The van der Waals surface area contributed by atoms with E-state index >= 15 is 0 Å². The lowest BCUT2D eigenvalue weighted by Gasteiger charge is -2.17. The average Bonchev–Trinajstić information content (AvgIpc) is 3.29. The first kappa shape index (κ1) is 15.7. The predicted octanol–water partition coefficient (Wildman–Crippen LogP) is 1.40. The van der Waals surface area contributed by atoms with Crippen molar-refractivity contribution in [2.75, 3.05) is 13.2 Å². The molecule has 2 aromatic rings. The smallest absolute Gasteiger partial charge is 0.325 e. The molecule has 9 heteroatoms. The zero-order valence-electron chi connectivity index (χ0n) is 13.4. The van der Waals surface area contributed by atoms with Crippen molar-refractivity contribution in [2.45, 2.75) is 25.4 Å². The van der Waals surface area contributed by atoms with Gasteiger partial charge in [-0.25, -0.2) is 9.18 Å². The summed E-state index contributed by atoms with van der Waals surface area (Å²) in [6, 6.07) is 3.95. The highest BCUT2D eigenvalue weighted by Gasteiger charge is 2.53. The van der Waals surface area contributed by atoms with Crippen molar-refractivity contribution in [1.29, 1.82) is 0 Å². The van der Waals surface area contributed by atoms with Gasteiger partial charge in [-0.2, -0.15) is 4.98 Å². The number of carbonyl (C=O) groups excluding carboxylic acids is 2. The van der Waals surface area contributed by atoms with Gasteiger partial charge in [0.15, 0.2) is 0 Å². The number of ether oxygens (including phenoxy) is 1. The molecule has 3 heterocycles. The standard InChI is InChI=1S/C16H15FN4O4/c1-9-6-10(2-3-11(9)17)13-18-12(25-20-13)7-21-14(22)16(19-15(21)23)4-5-24-8-16/h2-3,6H,4-5,7-8H2,1H3,(H,19,23)/t16-/m0/s1. The van der Waals surface area contributed by atoms with Crippen LogP contribution in [-0.4, -0.2) is 45.7 Å². The van der Waals surface area contributed by atoms with Crippen LogP contribution in [0.15, 0.2) is 22.7 Å². The molecule has 0 radical (unpaired) electrons. The van der Waals surface area contributed by atoms with E-state index in [1.54, 1.807) is 13.0 Å². The topological polar surface area (TPSA) is 97.6 Å². The maximum absolute atomic E-state index is 13.4. The van der Waals surface area contributed by atoms with Crippen molar-refractivity contribution in [3.8, 4) is 11.4 Å². The second kappa shape index (κ2) is 5.62. The van der Waals surface area contributed by atoms with Crippen LogP contribution >= 0.6 is 0 Å². The summed E-state index contributed by atoms with van der Waals surface area (Å²) >= 11 is 0. The van der Waals surface area contributed by atoms with Gasteiger partial charge in [0, 0.05) is 18.6 Å². The summed E-state index contributed by atoms with van der Waals surface area (Å²) in [7, 11) is 0. The van der Waals surface area contributed by atoms with E-state index < -0.39 is 11.6 Å². The van der Waals surface area contributed by atoms with Crippen LogP contribution in [0.5, 0.6) is 0 Å². The molecule has 25 heavy (non-hydrogen) atoms. The Kier molecular flexibility index (Phi) is 3.53. The minimum atomic E-state index is -0.978. The third-order valence-electron chi connectivity index (χ3n) is 4.45. The Morgan fingerprint density at radius 2 is 2.24 bits per heavy atom. The van der Waals surface area contributed by atoms with Crippen molar-refractivity contribution < 1.29 is 23.2 Å². The summed E-state index contributed by atoms with van der Waals surface area (Å²) in [6.07, 6.45) is 0.442. The van der Waals surface area contributed by atoms with Crippen LogP contribution < -0.4 is 5.32 Å². The van der Waals surface area contributed by atoms with Gasteiger partial charge in [-0.3, -0.25) is 9.69 Å². The maximum Gasteiger partial charge on any atom is 0.325 e. The molecule has 8 nitrogen and oxygen atoms in total. The lowest BCUT2D eigenvalue weighted by atomic mass is 9.99. The van der Waals surface area contributed by atoms with Gasteiger partial charge in [-0.1, -0.05) is 5.16 Å². The van der Waals surface area contributed by atoms with Gasteiger partial charge in [-0.15, -0.1) is 0 Å². The van der Waals surface area contributed by atoms with Crippen LogP contribution in [0.25, 0.3) is 11.4 Å².